The van der Waals surface area contributed by atoms with E-state index in [0.29, 0.717) is 5.92 Å². The Hall–Kier alpha value is -1.44. The highest BCUT2D eigenvalue weighted by atomic mass is 15.0. The van der Waals surface area contributed by atoms with Gasteiger partial charge in [-0.05, 0) is 36.3 Å². The molecule has 0 bridgehead atoms. The van der Waals surface area contributed by atoms with Crippen LogP contribution < -0.4 is 0 Å². The zero-order valence-electron chi connectivity index (χ0n) is 10.2. The summed E-state index contributed by atoms with van der Waals surface area (Å²) < 4.78 is 0. The zero-order chi connectivity index (χ0) is 12.0. The average molecular weight is 226 g/mol. The molecule has 1 N–H and O–H groups in total. The van der Waals surface area contributed by atoms with Crippen molar-refractivity contribution in [2.75, 3.05) is 0 Å². The summed E-state index contributed by atoms with van der Waals surface area (Å²) in [6.07, 6.45) is 3.52. The van der Waals surface area contributed by atoms with Gasteiger partial charge in [0.1, 0.15) is 6.04 Å². The van der Waals surface area contributed by atoms with Crippen LogP contribution in [-0.2, 0) is 0 Å². The van der Waals surface area contributed by atoms with Crippen LogP contribution in [0.4, 0.5) is 0 Å². The summed E-state index contributed by atoms with van der Waals surface area (Å²) in [5.41, 5.74) is 11.5. The minimum atomic E-state index is -0.0241. The number of hydrogen-bond acceptors (Lipinski definition) is 2. The van der Waals surface area contributed by atoms with Gasteiger partial charge in [-0.1, -0.05) is 43.3 Å². The van der Waals surface area contributed by atoms with Crippen LogP contribution in [0.2, 0.25) is 0 Å². The largest absolute Gasteiger partial charge is 0.209 e. The summed E-state index contributed by atoms with van der Waals surface area (Å²) in [6.45, 7) is 6.52. The first-order valence-corrected chi connectivity index (χ1v) is 6.33. The molecule has 1 aromatic carbocycles. The molecule has 3 unspecified atom stereocenters. The molecule has 3 atom stereocenters. The summed E-state index contributed by atoms with van der Waals surface area (Å²) >= 11 is 0. The van der Waals surface area contributed by atoms with Gasteiger partial charge in [-0.2, -0.15) is 5.11 Å². The predicted molar refractivity (Wildman–Crippen MR) is 68.2 cm³/mol. The highest BCUT2D eigenvalue weighted by Gasteiger charge is 2.52. The van der Waals surface area contributed by atoms with E-state index >= 15 is 0 Å². The molecule has 0 spiro atoms. The van der Waals surface area contributed by atoms with Gasteiger partial charge in [0.2, 0.25) is 0 Å². The minimum Gasteiger partial charge on any atom is -0.209 e. The Labute approximate surface area is 102 Å². The first-order valence-electron chi connectivity index (χ1n) is 6.33. The van der Waals surface area contributed by atoms with E-state index < -0.39 is 0 Å². The van der Waals surface area contributed by atoms with Gasteiger partial charge in [-0.25, -0.2) is 5.53 Å². The van der Waals surface area contributed by atoms with Crippen molar-refractivity contribution in [2.24, 2.45) is 10.5 Å². The summed E-state index contributed by atoms with van der Waals surface area (Å²) in [4.78, 5) is 0. The maximum atomic E-state index is 7.55. The SMILES string of the molecule is C=C1CCCC2c3ccccc3C(N=N)C12C. The first-order chi connectivity index (χ1) is 8.19. The molecule has 1 aromatic rings. The van der Waals surface area contributed by atoms with Crippen LogP contribution in [0.5, 0.6) is 0 Å². The van der Waals surface area contributed by atoms with Crippen molar-refractivity contribution in [3.05, 3.63) is 47.5 Å². The third-order valence-corrected chi connectivity index (χ3v) is 4.82. The second-order valence-electron chi connectivity index (χ2n) is 5.49. The van der Waals surface area contributed by atoms with Crippen molar-refractivity contribution in [1.29, 1.82) is 5.53 Å². The summed E-state index contributed by atoms with van der Waals surface area (Å²) in [7, 11) is 0. The smallest absolute Gasteiger partial charge is 0.105 e. The number of rotatable bonds is 1. The summed E-state index contributed by atoms with van der Waals surface area (Å²) in [6, 6.07) is 8.48. The lowest BCUT2D eigenvalue weighted by molar-refractivity contribution is 0.229. The number of fused-ring (bicyclic) bond motifs is 3. The number of hydrogen-bond donors (Lipinski definition) is 1. The number of benzene rings is 1. The fourth-order valence-corrected chi connectivity index (χ4v) is 3.80. The van der Waals surface area contributed by atoms with Gasteiger partial charge in [0.05, 0.1) is 0 Å². The fraction of sp³-hybridized carbons (Fsp3) is 0.467. The molecular formula is C15H18N2. The van der Waals surface area contributed by atoms with Crippen LogP contribution in [0.15, 0.2) is 41.5 Å². The van der Waals surface area contributed by atoms with Crippen LogP contribution in [-0.4, -0.2) is 0 Å². The Morgan fingerprint density at radius 3 is 2.76 bits per heavy atom. The lowest BCUT2D eigenvalue weighted by Crippen LogP contribution is -2.30. The molecule has 0 radical (unpaired) electrons. The van der Waals surface area contributed by atoms with Gasteiger partial charge in [0.25, 0.3) is 0 Å². The molecule has 0 saturated heterocycles. The molecule has 0 amide bonds. The van der Waals surface area contributed by atoms with Gasteiger partial charge in [0.15, 0.2) is 0 Å². The topological polar surface area (TPSA) is 36.2 Å². The van der Waals surface area contributed by atoms with Gasteiger partial charge in [-0.15, -0.1) is 0 Å². The van der Waals surface area contributed by atoms with Crippen molar-refractivity contribution in [3.63, 3.8) is 0 Å². The Morgan fingerprint density at radius 2 is 2.06 bits per heavy atom. The molecular weight excluding hydrogens is 208 g/mol. The quantitative estimate of drug-likeness (QED) is 0.536. The normalized spacial score (nSPS) is 35.2. The molecule has 88 valence electrons. The van der Waals surface area contributed by atoms with Gasteiger partial charge >= 0.3 is 0 Å². The lowest BCUT2D eigenvalue weighted by atomic mass is 9.64. The second-order valence-corrected chi connectivity index (χ2v) is 5.49. The number of nitrogens with one attached hydrogen (secondary N) is 1. The highest BCUT2D eigenvalue weighted by Crippen LogP contribution is 2.63. The second kappa shape index (κ2) is 3.52. The molecule has 0 aromatic heterocycles. The Kier molecular flexibility index (Phi) is 2.22. The van der Waals surface area contributed by atoms with E-state index in [1.54, 1.807) is 0 Å². The Bertz CT molecular complexity index is 491. The standard InChI is InChI=1S/C15H18N2/c1-10-6-5-9-13-11-7-3-4-8-12(11)14(17-16)15(10,13)2/h3-4,7-8,13-14,16H,1,5-6,9H2,2H3. The molecule has 2 heteroatoms. The molecule has 1 saturated carbocycles. The molecule has 0 heterocycles. The highest BCUT2D eigenvalue weighted by molar-refractivity contribution is 5.46. The van der Waals surface area contributed by atoms with Crippen LogP contribution in [0.25, 0.3) is 0 Å². The molecule has 2 aliphatic rings. The Balaban J connectivity index is 2.22. The van der Waals surface area contributed by atoms with Crippen LogP contribution in [0, 0.1) is 10.9 Å². The molecule has 2 nitrogen and oxygen atoms in total. The molecule has 17 heavy (non-hydrogen) atoms. The molecule has 3 rings (SSSR count). The molecule has 0 aliphatic heterocycles. The van der Waals surface area contributed by atoms with E-state index in [9.17, 15) is 0 Å². The van der Waals surface area contributed by atoms with Crippen LogP contribution in [0.3, 0.4) is 0 Å². The van der Waals surface area contributed by atoms with Crippen molar-refractivity contribution in [1.82, 2.24) is 0 Å². The summed E-state index contributed by atoms with van der Waals surface area (Å²) in [5.74, 6) is 0.513. The fourth-order valence-electron chi connectivity index (χ4n) is 3.80. The third-order valence-electron chi connectivity index (χ3n) is 4.82. The van der Waals surface area contributed by atoms with Gasteiger partial charge in [-0.3, -0.25) is 0 Å². The zero-order valence-corrected chi connectivity index (χ0v) is 10.2. The van der Waals surface area contributed by atoms with Crippen molar-refractivity contribution in [2.45, 2.75) is 38.1 Å². The monoisotopic (exact) mass is 226 g/mol. The van der Waals surface area contributed by atoms with Gasteiger partial charge in [0, 0.05) is 5.41 Å². The van der Waals surface area contributed by atoms with Crippen molar-refractivity contribution < 1.29 is 0 Å². The third kappa shape index (κ3) is 1.21. The Morgan fingerprint density at radius 1 is 1.35 bits per heavy atom. The average Bonchev–Trinajstić information content (AvgIpc) is 2.60. The lowest BCUT2D eigenvalue weighted by Gasteiger charge is -2.41. The molecule has 2 aliphatic carbocycles. The van der Waals surface area contributed by atoms with Crippen molar-refractivity contribution >= 4 is 0 Å². The maximum Gasteiger partial charge on any atom is 0.105 e. The predicted octanol–water partition coefficient (Wildman–Crippen LogP) is 4.60. The van der Waals surface area contributed by atoms with Crippen LogP contribution in [0.1, 0.15) is 49.3 Å². The summed E-state index contributed by atoms with van der Waals surface area (Å²) in [5, 5.41) is 3.92. The van der Waals surface area contributed by atoms with Crippen LogP contribution >= 0.6 is 0 Å². The molecule has 1 fully saturated rings. The van der Waals surface area contributed by atoms with Crippen molar-refractivity contribution in [3.8, 4) is 0 Å². The van der Waals surface area contributed by atoms with E-state index in [-0.39, 0.29) is 11.5 Å². The van der Waals surface area contributed by atoms with Gasteiger partial charge < -0.3 is 0 Å². The van der Waals surface area contributed by atoms with E-state index in [1.165, 1.54) is 29.5 Å². The van der Waals surface area contributed by atoms with E-state index in [4.69, 9.17) is 5.53 Å². The van der Waals surface area contributed by atoms with E-state index in [1.807, 2.05) is 0 Å². The minimum absolute atomic E-state index is 0.0171. The maximum absolute atomic E-state index is 7.55. The van der Waals surface area contributed by atoms with E-state index in [2.05, 4.69) is 42.9 Å². The van der Waals surface area contributed by atoms with E-state index in [0.717, 1.165) is 6.42 Å². The number of nitrogens with zero attached hydrogens (tertiary/aromatic N) is 1. The first kappa shape index (κ1) is 10.7.